The summed E-state index contributed by atoms with van der Waals surface area (Å²) >= 11 is 0. The fourth-order valence-electron chi connectivity index (χ4n) is 3.24. The maximum absolute atomic E-state index is 11.0. The van der Waals surface area contributed by atoms with Crippen molar-refractivity contribution in [1.82, 2.24) is 10.6 Å². The van der Waals surface area contributed by atoms with Crippen LogP contribution in [-0.2, 0) is 12.0 Å². The van der Waals surface area contributed by atoms with Crippen molar-refractivity contribution >= 4 is 29.9 Å². The van der Waals surface area contributed by atoms with E-state index in [0.29, 0.717) is 32.1 Å². The van der Waals surface area contributed by atoms with Crippen molar-refractivity contribution in [1.29, 1.82) is 0 Å². The highest BCUT2D eigenvalue weighted by atomic mass is 127. The molecule has 0 saturated heterocycles. The van der Waals surface area contributed by atoms with Gasteiger partial charge in [0.1, 0.15) is 18.0 Å². The Hall–Kier alpha value is -1.80. The van der Waals surface area contributed by atoms with Gasteiger partial charge in [0.05, 0.1) is 13.1 Å². The number of hydrogen-bond acceptors (Lipinski definition) is 3. The molecule has 0 bridgehead atoms. The van der Waals surface area contributed by atoms with Crippen LogP contribution in [0.2, 0.25) is 0 Å². The smallest absolute Gasteiger partial charge is 0.191 e. The normalized spacial score (nSPS) is 18.4. The lowest BCUT2D eigenvalue weighted by atomic mass is 9.96. The summed E-state index contributed by atoms with van der Waals surface area (Å²) in [6.07, 6.45) is 1.61. The zero-order chi connectivity index (χ0) is 18.2. The third-order valence-corrected chi connectivity index (χ3v) is 4.58. The van der Waals surface area contributed by atoms with E-state index in [2.05, 4.69) is 21.7 Å². The van der Waals surface area contributed by atoms with Gasteiger partial charge in [0.15, 0.2) is 5.96 Å². The van der Waals surface area contributed by atoms with Gasteiger partial charge in [0, 0.05) is 6.54 Å². The number of rotatable bonds is 7. The Labute approximate surface area is 178 Å². The lowest BCUT2D eigenvalue weighted by Gasteiger charge is -2.22. The monoisotopic (exact) mass is 481 g/mol. The maximum atomic E-state index is 11.0. The Bertz CT molecular complexity index is 739. The Kier molecular flexibility index (Phi) is 8.37. The van der Waals surface area contributed by atoms with E-state index in [1.165, 1.54) is 5.56 Å². The molecule has 0 heterocycles. The highest BCUT2D eigenvalue weighted by Crippen LogP contribution is 2.36. The number of aryl methyl sites for hydroxylation is 1. The van der Waals surface area contributed by atoms with E-state index in [-0.39, 0.29) is 24.0 Å². The van der Waals surface area contributed by atoms with Crippen molar-refractivity contribution < 1.29 is 9.84 Å². The van der Waals surface area contributed by atoms with Gasteiger partial charge in [-0.1, -0.05) is 42.5 Å². The van der Waals surface area contributed by atoms with Crippen molar-refractivity contribution in [3.63, 3.8) is 0 Å². The second-order valence-electron chi connectivity index (χ2n) is 6.47. The molecule has 146 valence electrons. The Balaban J connectivity index is 0.00000261. The van der Waals surface area contributed by atoms with Crippen molar-refractivity contribution in [2.24, 2.45) is 4.99 Å². The van der Waals surface area contributed by atoms with Crippen LogP contribution in [0.4, 0.5) is 0 Å². The molecule has 5 nitrogen and oxygen atoms in total. The van der Waals surface area contributed by atoms with Crippen molar-refractivity contribution in [2.45, 2.75) is 25.4 Å². The van der Waals surface area contributed by atoms with Crippen molar-refractivity contribution in [3.05, 3.63) is 65.7 Å². The average molecular weight is 481 g/mol. The van der Waals surface area contributed by atoms with Crippen LogP contribution in [0.1, 0.15) is 24.5 Å². The minimum Gasteiger partial charge on any atom is -0.492 e. The van der Waals surface area contributed by atoms with Gasteiger partial charge in [-0.25, -0.2) is 4.99 Å². The molecule has 0 aromatic heterocycles. The molecule has 0 radical (unpaired) electrons. The first-order valence-electron chi connectivity index (χ1n) is 9.22. The maximum Gasteiger partial charge on any atom is 0.191 e. The first kappa shape index (κ1) is 21.5. The Morgan fingerprint density at radius 1 is 1.11 bits per heavy atom. The van der Waals surface area contributed by atoms with E-state index in [1.807, 2.05) is 55.5 Å². The third-order valence-electron chi connectivity index (χ3n) is 4.58. The first-order chi connectivity index (χ1) is 12.7. The van der Waals surface area contributed by atoms with Gasteiger partial charge in [-0.15, -0.1) is 24.0 Å². The quantitative estimate of drug-likeness (QED) is 0.246. The van der Waals surface area contributed by atoms with Crippen LogP contribution in [0.25, 0.3) is 0 Å². The zero-order valence-corrected chi connectivity index (χ0v) is 18.0. The largest absolute Gasteiger partial charge is 0.492 e. The SMILES string of the molecule is CCNC(=NCC1(O)CCc2ccccc21)NCCOc1ccccc1.I. The molecule has 0 fully saturated rings. The summed E-state index contributed by atoms with van der Waals surface area (Å²) in [5.74, 6) is 1.55. The second-order valence-corrected chi connectivity index (χ2v) is 6.47. The van der Waals surface area contributed by atoms with Gasteiger partial charge in [0.25, 0.3) is 0 Å². The van der Waals surface area contributed by atoms with E-state index >= 15 is 0 Å². The summed E-state index contributed by atoms with van der Waals surface area (Å²) in [6.45, 7) is 4.31. The minimum absolute atomic E-state index is 0. The van der Waals surface area contributed by atoms with Crippen LogP contribution in [0.15, 0.2) is 59.6 Å². The van der Waals surface area contributed by atoms with Crippen LogP contribution < -0.4 is 15.4 Å². The van der Waals surface area contributed by atoms with Crippen LogP contribution >= 0.6 is 24.0 Å². The highest BCUT2D eigenvalue weighted by Gasteiger charge is 2.36. The molecule has 1 aliphatic carbocycles. The fraction of sp³-hybridized carbons (Fsp3) is 0.381. The van der Waals surface area contributed by atoms with Crippen LogP contribution in [0, 0.1) is 0 Å². The third kappa shape index (κ3) is 5.84. The predicted octanol–water partition coefficient (Wildman–Crippen LogP) is 3.07. The number of fused-ring (bicyclic) bond motifs is 1. The molecule has 0 spiro atoms. The summed E-state index contributed by atoms with van der Waals surface area (Å²) in [5.41, 5.74) is 1.35. The number of halogens is 1. The summed E-state index contributed by atoms with van der Waals surface area (Å²) in [7, 11) is 0. The number of para-hydroxylation sites is 1. The van der Waals surface area contributed by atoms with Gasteiger partial charge >= 0.3 is 0 Å². The van der Waals surface area contributed by atoms with Gasteiger partial charge in [-0.05, 0) is 43.0 Å². The molecule has 3 N–H and O–H groups in total. The zero-order valence-electron chi connectivity index (χ0n) is 15.6. The molecular weight excluding hydrogens is 453 g/mol. The molecule has 0 amide bonds. The van der Waals surface area contributed by atoms with E-state index in [1.54, 1.807) is 0 Å². The number of aliphatic imine (C=N–C) groups is 1. The number of hydrogen-bond donors (Lipinski definition) is 3. The highest BCUT2D eigenvalue weighted by molar-refractivity contribution is 14.0. The number of aliphatic hydroxyl groups is 1. The summed E-state index contributed by atoms with van der Waals surface area (Å²) in [6, 6.07) is 17.8. The van der Waals surface area contributed by atoms with Crippen molar-refractivity contribution in [2.75, 3.05) is 26.2 Å². The van der Waals surface area contributed by atoms with E-state index in [9.17, 15) is 5.11 Å². The molecule has 0 aliphatic heterocycles. The number of ether oxygens (including phenoxy) is 1. The Morgan fingerprint density at radius 2 is 1.85 bits per heavy atom. The molecule has 2 aromatic rings. The summed E-state index contributed by atoms with van der Waals surface area (Å²) in [5, 5.41) is 17.5. The predicted molar refractivity (Wildman–Crippen MR) is 120 cm³/mol. The lowest BCUT2D eigenvalue weighted by Crippen LogP contribution is -2.40. The molecule has 3 rings (SSSR count). The molecule has 1 aliphatic rings. The van der Waals surface area contributed by atoms with Gasteiger partial charge in [-0.3, -0.25) is 0 Å². The van der Waals surface area contributed by atoms with E-state index in [4.69, 9.17) is 4.74 Å². The molecule has 1 unspecified atom stereocenters. The topological polar surface area (TPSA) is 65.9 Å². The van der Waals surface area contributed by atoms with Gasteiger partial charge < -0.3 is 20.5 Å². The lowest BCUT2D eigenvalue weighted by molar-refractivity contribution is 0.0485. The summed E-state index contributed by atoms with van der Waals surface area (Å²) in [4.78, 5) is 4.60. The van der Waals surface area contributed by atoms with E-state index in [0.717, 1.165) is 24.3 Å². The number of nitrogens with zero attached hydrogens (tertiary/aromatic N) is 1. The van der Waals surface area contributed by atoms with Gasteiger partial charge in [-0.2, -0.15) is 0 Å². The van der Waals surface area contributed by atoms with Crippen LogP contribution in [0.3, 0.4) is 0 Å². The molecular formula is C21H28IN3O2. The first-order valence-corrected chi connectivity index (χ1v) is 9.22. The van der Waals surface area contributed by atoms with Crippen molar-refractivity contribution in [3.8, 4) is 5.75 Å². The standard InChI is InChI=1S/C21H27N3O2.HI/c1-2-22-20(23-14-15-26-18-9-4-3-5-10-18)24-16-21(25)13-12-17-8-6-7-11-19(17)21;/h3-11,25H,2,12-16H2,1H3,(H2,22,23,24);1H. The number of nitrogens with one attached hydrogen (secondary N) is 2. The molecule has 27 heavy (non-hydrogen) atoms. The molecule has 6 heteroatoms. The van der Waals surface area contributed by atoms with Crippen LogP contribution in [0.5, 0.6) is 5.75 Å². The minimum atomic E-state index is -0.876. The number of benzene rings is 2. The second kappa shape index (κ2) is 10.5. The number of guanidine groups is 1. The fourth-order valence-corrected chi connectivity index (χ4v) is 3.24. The van der Waals surface area contributed by atoms with E-state index < -0.39 is 5.60 Å². The molecule has 2 aromatic carbocycles. The molecule has 0 saturated carbocycles. The average Bonchev–Trinajstić information content (AvgIpc) is 3.02. The van der Waals surface area contributed by atoms with Crippen LogP contribution in [-0.4, -0.2) is 37.3 Å². The summed E-state index contributed by atoms with van der Waals surface area (Å²) < 4.78 is 5.68. The Morgan fingerprint density at radius 3 is 2.63 bits per heavy atom. The van der Waals surface area contributed by atoms with Gasteiger partial charge in [0.2, 0.25) is 0 Å². The molecule has 1 atom stereocenters.